The van der Waals surface area contributed by atoms with Gasteiger partial charge in [-0.2, -0.15) is 0 Å². The van der Waals surface area contributed by atoms with E-state index in [2.05, 4.69) is 9.97 Å². The molecular formula is C15H15N3OS2. The molecule has 0 aliphatic rings. The lowest BCUT2D eigenvalue weighted by Gasteiger charge is -2.08. The highest BCUT2D eigenvalue weighted by atomic mass is 32.2. The van der Waals surface area contributed by atoms with Gasteiger partial charge in [0.15, 0.2) is 5.16 Å². The Balaban J connectivity index is 1.58. The van der Waals surface area contributed by atoms with Crippen molar-refractivity contribution in [3.63, 3.8) is 0 Å². The molecule has 0 unspecified atom stereocenters. The number of aromatic nitrogens is 2. The molecule has 3 rings (SSSR count). The van der Waals surface area contributed by atoms with Crippen LogP contribution in [0.3, 0.4) is 0 Å². The van der Waals surface area contributed by atoms with Crippen LogP contribution in [0.2, 0.25) is 0 Å². The first kappa shape index (κ1) is 14.2. The standard InChI is InChI=1S/C15H15N3OS2/c1-10-4-2-3-5-12(10)19-7-9-21-15-17-13(16)11-6-8-20-14(11)18-15/h2-6,8H,7,9H2,1H3,(H2,16,17,18). The number of thioether (sulfide) groups is 1. The van der Waals surface area contributed by atoms with Crippen LogP contribution in [0.4, 0.5) is 5.82 Å². The van der Waals surface area contributed by atoms with Gasteiger partial charge in [-0.1, -0.05) is 30.0 Å². The second-order valence-electron chi connectivity index (χ2n) is 4.49. The average molecular weight is 317 g/mol. The lowest BCUT2D eigenvalue weighted by atomic mass is 10.2. The van der Waals surface area contributed by atoms with Crippen molar-refractivity contribution in [2.45, 2.75) is 12.1 Å². The molecule has 108 valence electrons. The number of nitrogens with zero attached hydrogens (tertiary/aromatic N) is 2. The zero-order chi connectivity index (χ0) is 14.7. The summed E-state index contributed by atoms with van der Waals surface area (Å²) >= 11 is 3.14. The van der Waals surface area contributed by atoms with E-state index in [4.69, 9.17) is 10.5 Å². The Bertz CT molecular complexity index is 758. The Kier molecular flexibility index (Phi) is 4.26. The van der Waals surface area contributed by atoms with Gasteiger partial charge in [0.05, 0.1) is 12.0 Å². The largest absolute Gasteiger partial charge is 0.492 e. The zero-order valence-corrected chi connectivity index (χ0v) is 13.2. The van der Waals surface area contributed by atoms with E-state index in [1.54, 1.807) is 23.1 Å². The molecule has 0 atom stereocenters. The van der Waals surface area contributed by atoms with Crippen molar-refractivity contribution < 1.29 is 4.74 Å². The van der Waals surface area contributed by atoms with Crippen molar-refractivity contribution in [2.24, 2.45) is 0 Å². The molecule has 0 aliphatic carbocycles. The summed E-state index contributed by atoms with van der Waals surface area (Å²) in [5.74, 6) is 2.25. The molecular weight excluding hydrogens is 302 g/mol. The molecule has 2 aromatic heterocycles. The summed E-state index contributed by atoms with van der Waals surface area (Å²) in [5.41, 5.74) is 7.07. The molecule has 21 heavy (non-hydrogen) atoms. The maximum absolute atomic E-state index is 5.93. The minimum absolute atomic E-state index is 0.545. The van der Waals surface area contributed by atoms with E-state index in [-0.39, 0.29) is 0 Å². The normalized spacial score (nSPS) is 10.9. The lowest BCUT2D eigenvalue weighted by Crippen LogP contribution is -2.02. The Morgan fingerprint density at radius 2 is 2.10 bits per heavy atom. The third kappa shape index (κ3) is 3.28. The molecule has 0 radical (unpaired) electrons. The molecule has 0 saturated carbocycles. The fourth-order valence-corrected chi connectivity index (χ4v) is 3.42. The van der Waals surface area contributed by atoms with Crippen LogP contribution in [0, 0.1) is 6.92 Å². The smallest absolute Gasteiger partial charge is 0.191 e. The highest BCUT2D eigenvalue weighted by Gasteiger charge is 2.07. The molecule has 0 saturated heterocycles. The molecule has 6 heteroatoms. The van der Waals surface area contributed by atoms with Crippen molar-refractivity contribution >= 4 is 39.1 Å². The molecule has 0 amide bonds. The van der Waals surface area contributed by atoms with Gasteiger partial charge in [-0.05, 0) is 30.0 Å². The molecule has 0 aliphatic heterocycles. The summed E-state index contributed by atoms with van der Waals surface area (Å²) < 4.78 is 5.76. The molecule has 0 spiro atoms. The van der Waals surface area contributed by atoms with Gasteiger partial charge in [0, 0.05) is 5.75 Å². The molecule has 4 nitrogen and oxygen atoms in total. The number of thiophene rings is 1. The van der Waals surface area contributed by atoms with Crippen LogP contribution in [0.25, 0.3) is 10.2 Å². The minimum atomic E-state index is 0.545. The van der Waals surface area contributed by atoms with Crippen LogP contribution in [0.15, 0.2) is 40.9 Å². The summed E-state index contributed by atoms with van der Waals surface area (Å²) in [7, 11) is 0. The van der Waals surface area contributed by atoms with Crippen molar-refractivity contribution in [2.75, 3.05) is 18.1 Å². The number of nitrogens with two attached hydrogens (primary N) is 1. The first-order chi connectivity index (χ1) is 10.2. The van der Waals surface area contributed by atoms with E-state index < -0.39 is 0 Å². The second kappa shape index (κ2) is 6.32. The van der Waals surface area contributed by atoms with Gasteiger partial charge in [0.2, 0.25) is 0 Å². The van der Waals surface area contributed by atoms with Gasteiger partial charge in [-0.25, -0.2) is 9.97 Å². The number of hydrogen-bond acceptors (Lipinski definition) is 6. The number of benzene rings is 1. The van der Waals surface area contributed by atoms with Crippen LogP contribution in [-0.4, -0.2) is 22.3 Å². The number of anilines is 1. The molecule has 2 heterocycles. The number of nitrogen functional groups attached to an aromatic ring is 1. The number of hydrogen-bond donors (Lipinski definition) is 1. The number of fused-ring (bicyclic) bond motifs is 1. The fraction of sp³-hybridized carbons (Fsp3) is 0.200. The quantitative estimate of drug-likeness (QED) is 0.441. The Morgan fingerprint density at radius 3 is 2.95 bits per heavy atom. The highest BCUT2D eigenvalue weighted by molar-refractivity contribution is 7.99. The van der Waals surface area contributed by atoms with E-state index in [1.165, 1.54) is 0 Å². The van der Waals surface area contributed by atoms with Crippen LogP contribution >= 0.6 is 23.1 Å². The lowest BCUT2D eigenvalue weighted by molar-refractivity contribution is 0.341. The van der Waals surface area contributed by atoms with Crippen molar-refractivity contribution in [3.05, 3.63) is 41.3 Å². The third-order valence-electron chi connectivity index (χ3n) is 3.00. The summed E-state index contributed by atoms with van der Waals surface area (Å²) in [4.78, 5) is 9.74. The predicted molar refractivity (Wildman–Crippen MR) is 89.2 cm³/mol. The summed E-state index contributed by atoms with van der Waals surface area (Å²) in [6.45, 7) is 2.65. The summed E-state index contributed by atoms with van der Waals surface area (Å²) in [5, 5.41) is 3.61. The van der Waals surface area contributed by atoms with Crippen molar-refractivity contribution in [1.82, 2.24) is 9.97 Å². The number of para-hydroxylation sites is 1. The second-order valence-corrected chi connectivity index (χ2v) is 6.45. The first-order valence-electron chi connectivity index (χ1n) is 6.56. The van der Waals surface area contributed by atoms with Crippen LogP contribution < -0.4 is 10.5 Å². The SMILES string of the molecule is Cc1ccccc1OCCSc1nc(N)c2ccsc2n1. The minimum Gasteiger partial charge on any atom is -0.492 e. The number of ether oxygens (including phenoxy) is 1. The molecule has 1 aromatic carbocycles. The highest BCUT2D eigenvalue weighted by Crippen LogP contribution is 2.26. The molecule has 0 fully saturated rings. The van der Waals surface area contributed by atoms with Crippen LogP contribution in [0.1, 0.15) is 5.56 Å². The molecule has 0 bridgehead atoms. The van der Waals surface area contributed by atoms with Crippen molar-refractivity contribution in [1.29, 1.82) is 0 Å². The van der Waals surface area contributed by atoms with E-state index in [9.17, 15) is 0 Å². The maximum Gasteiger partial charge on any atom is 0.191 e. The van der Waals surface area contributed by atoms with Gasteiger partial charge in [0.25, 0.3) is 0 Å². The van der Waals surface area contributed by atoms with Gasteiger partial charge >= 0.3 is 0 Å². The Hall–Kier alpha value is -1.79. The molecule has 3 aromatic rings. The summed E-state index contributed by atoms with van der Waals surface area (Å²) in [6, 6.07) is 9.95. The van der Waals surface area contributed by atoms with E-state index >= 15 is 0 Å². The van der Waals surface area contributed by atoms with Crippen molar-refractivity contribution in [3.8, 4) is 5.75 Å². The van der Waals surface area contributed by atoms with E-state index in [0.717, 1.165) is 27.3 Å². The topological polar surface area (TPSA) is 61.0 Å². The van der Waals surface area contributed by atoms with E-state index in [0.29, 0.717) is 17.6 Å². The molecule has 2 N–H and O–H groups in total. The third-order valence-corrected chi connectivity index (χ3v) is 4.62. The summed E-state index contributed by atoms with van der Waals surface area (Å²) in [6.07, 6.45) is 0. The monoisotopic (exact) mass is 317 g/mol. The van der Waals surface area contributed by atoms with Gasteiger partial charge in [-0.15, -0.1) is 11.3 Å². The number of rotatable bonds is 5. The maximum atomic E-state index is 5.93. The Morgan fingerprint density at radius 1 is 1.24 bits per heavy atom. The van der Waals surface area contributed by atoms with Crippen LogP contribution in [-0.2, 0) is 0 Å². The predicted octanol–water partition coefficient (Wildman–Crippen LogP) is 3.75. The first-order valence-corrected chi connectivity index (χ1v) is 8.42. The van der Waals surface area contributed by atoms with E-state index in [1.807, 2.05) is 42.6 Å². The fourth-order valence-electron chi connectivity index (χ4n) is 1.93. The average Bonchev–Trinajstić information content (AvgIpc) is 2.94. The van der Waals surface area contributed by atoms with Gasteiger partial charge in [0.1, 0.15) is 16.4 Å². The van der Waals surface area contributed by atoms with Crippen LogP contribution in [0.5, 0.6) is 5.75 Å². The Labute approximate surface area is 131 Å². The van der Waals surface area contributed by atoms with Gasteiger partial charge < -0.3 is 10.5 Å². The zero-order valence-electron chi connectivity index (χ0n) is 11.6. The van der Waals surface area contributed by atoms with Gasteiger partial charge in [-0.3, -0.25) is 0 Å². The number of aryl methyl sites for hydroxylation is 1.